The Morgan fingerprint density at radius 1 is 1.16 bits per heavy atom. The van der Waals surface area contributed by atoms with Gasteiger partial charge < -0.3 is 10.2 Å². The van der Waals surface area contributed by atoms with Gasteiger partial charge in [-0.2, -0.15) is 0 Å². The summed E-state index contributed by atoms with van der Waals surface area (Å²) in [6.45, 7) is 15.8. The van der Waals surface area contributed by atoms with Crippen LogP contribution in [0.2, 0.25) is 0 Å². The van der Waals surface area contributed by atoms with Crippen molar-refractivity contribution in [3.8, 4) is 0 Å². The molecule has 0 radical (unpaired) electrons. The van der Waals surface area contributed by atoms with E-state index in [4.69, 9.17) is 0 Å². The molecule has 1 aliphatic carbocycles. The lowest BCUT2D eigenvalue weighted by Gasteiger charge is -2.39. The average Bonchev–Trinajstić information content (AvgIpc) is 2.64. The summed E-state index contributed by atoms with van der Waals surface area (Å²) in [7, 11) is 2.14. The molecule has 2 rings (SSSR count). The quantitative estimate of drug-likeness (QED) is 0.841. The zero-order chi connectivity index (χ0) is 14.0. The van der Waals surface area contributed by atoms with Crippen molar-refractivity contribution in [3.05, 3.63) is 0 Å². The minimum Gasteiger partial charge on any atom is -0.316 e. The van der Waals surface area contributed by atoms with E-state index >= 15 is 0 Å². The lowest BCUT2D eigenvalue weighted by Crippen LogP contribution is -2.51. The van der Waals surface area contributed by atoms with Gasteiger partial charge in [-0.15, -0.1) is 0 Å². The highest BCUT2D eigenvalue weighted by Gasteiger charge is 2.41. The van der Waals surface area contributed by atoms with Crippen LogP contribution >= 0.6 is 0 Å². The van der Waals surface area contributed by atoms with E-state index in [0.717, 1.165) is 5.92 Å². The zero-order valence-electron chi connectivity index (χ0n) is 13.6. The van der Waals surface area contributed by atoms with Gasteiger partial charge in [0, 0.05) is 44.8 Å². The maximum atomic E-state index is 3.58. The fourth-order valence-corrected chi connectivity index (χ4v) is 4.13. The predicted molar refractivity (Wildman–Crippen MR) is 82.5 cm³/mol. The maximum absolute atomic E-state index is 3.58. The molecule has 3 heteroatoms. The first kappa shape index (κ1) is 15.3. The van der Waals surface area contributed by atoms with Crippen LogP contribution in [0.25, 0.3) is 0 Å². The maximum Gasteiger partial charge on any atom is 0.0156 e. The van der Waals surface area contributed by atoms with Gasteiger partial charge in [0.25, 0.3) is 0 Å². The summed E-state index contributed by atoms with van der Waals surface area (Å²) in [6.07, 6.45) is 2.76. The molecule has 1 saturated carbocycles. The van der Waals surface area contributed by atoms with Gasteiger partial charge in [-0.1, -0.05) is 13.8 Å². The van der Waals surface area contributed by atoms with Gasteiger partial charge in [0.2, 0.25) is 0 Å². The first-order valence-electron chi connectivity index (χ1n) is 8.07. The van der Waals surface area contributed by atoms with E-state index in [9.17, 15) is 0 Å². The van der Waals surface area contributed by atoms with Crippen molar-refractivity contribution in [1.29, 1.82) is 0 Å². The van der Waals surface area contributed by atoms with Crippen LogP contribution in [-0.4, -0.2) is 61.7 Å². The van der Waals surface area contributed by atoms with E-state index < -0.39 is 0 Å². The van der Waals surface area contributed by atoms with E-state index in [2.05, 4.69) is 49.9 Å². The number of piperazine rings is 1. The third-order valence-electron chi connectivity index (χ3n) is 5.41. The Kier molecular flexibility index (Phi) is 4.91. The first-order valence-corrected chi connectivity index (χ1v) is 8.07. The molecule has 19 heavy (non-hydrogen) atoms. The zero-order valence-corrected chi connectivity index (χ0v) is 13.6. The minimum absolute atomic E-state index is 0.471. The second-order valence-electron chi connectivity index (χ2n) is 7.48. The smallest absolute Gasteiger partial charge is 0.0156 e. The monoisotopic (exact) mass is 267 g/mol. The van der Waals surface area contributed by atoms with E-state index in [1.54, 1.807) is 0 Å². The van der Waals surface area contributed by atoms with E-state index in [1.807, 2.05) is 0 Å². The molecular weight excluding hydrogens is 234 g/mol. The summed E-state index contributed by atoms with van der Waals surface area (Å²) in [5, 5.41) is 3.58. The van der Waals surface area contributed by atoms with Gasteiger partial charge in [-0.25, -0.2) is 0 Å². The Hall–Kier alpha value is -0.120. The van der Waals surface area contributed by atoms with Gasteiger partial charge in [-0.3, -0.25) is 4.90 Å². The van der Waals surface area contributed by atoms with Gasteiger partial charge in [0.1, 0.15) is 0 Å². The van der Waals surface area contributed by atoms with E-state index in [0.29, 0.717) is 17.5 Å². The molecule has 3 nitrogen and oxygen atoms in total. The van der Waals surface area contributed by atoms with Gasteiger partial charge in [-0.05, 0) is 45.1 Å². The Morgan fingerprint density at radius 3 is 2.32 bits per heavy atom. The van der Waals surface area contributed by atoms with Crippen LogP contribution in [0, 0.1) is 11.3 Å². The van der Waals surface area contributed by atoms with Crippen molar-refractivity contribution in [2.75, 3.05) is 39.8 Å². The molecule has 0 spiro atoms. The summed E-state index contributed by atoms with van der Waals surface area (Å²) >= 11 is 0. The van der Waals surface area contributed by atoms with E-state index in [-0.39, 0.29) is 0 Å². The van der Waals surface area contributed by atoms with Crippen LogP contribution in [0.5, 0.6) is 0 Å². The van der Waals surface area contributed by atoms with Gasteiger partial charge in [0.15, 0.2) is 0 Å². The van der Waals surface area contributed by atoms with Crippen molar-refractivity contribution in [3.63, 3.8) is 0 Å². The molecule has 0 bridgehead atoms. The third-order valence-corrected chi connectivity index (χ3v) is 5.41. The van der Waals surface area contributed by atoms with Crippen molar-refractivity contribution in [2.24, 2.45) is 11.3 Å². The molecule has 1 aliphatic heterocycles. The minimum atomic E-state index is 0.471. The topological polar surface area (TPSA) is 18.5 Å². The van der Waals surface area contributed by atoms with Gasteiger partial charge in [0.05, 0.1) is 0 Å². The lowest BCUT2D eigenvalue weighted by atomic mass is 9.85. The fraction of sp³-hybridized carbons (Fsp3) is 1.00. The molecule has 0 aromatic heterocycles. The molecule has 1 N–H and O–H groups in total. The number of hydrogen-bond acceptors (Lipinski definition) is 3. The lowest BCUT2D eigenvalue weighted by molar-refractivity contribution is 0.0904. The number of nitrogens with one attached hydrogen (secondary N) is 1. The molecule has 0 aromatic rings. The molecule has 2 fully saturated rings. The largest absolute Gasteiger partial charge is 0.316 e. The molecule has 2 atom stereocenters. The van der Waals surface area contributed by atoms with Crippen molar-refractivity contribution in [2.45, 2.75) is 52.6 Å². The average molecular weight is 267 g/mol. The summed E-state index contributed by atoms with van der Waals surface area (Å²) < 4.78 is 0. The molecule has 1 heterocycles. The number of hydrogen-bond donors (Lipinski definition) is 1. The molecule has 112 valence electrons. The van der Waals surface area contributed by atoms with Crippen LogP contribution in [0.4, 0.5) is 0 Å². The fourth-order valence-electron chi connectivity index (χ4n) is 4.13. The van der Waals surface area contributed by atoms with Crippen LogP contribution in [0.1, 0.15) is 40.5 Å². The SMILES string of the molecule is CNC1C(CN2CCN(C(C)C)CC2)CCC1(C)C. The highest BCUT2D eigenvalue weighted by Crippen LogP contribution is 2.41. The van der Waals surface area contributed by atoms with Gasteiger partial charge >= 0.3 is 0 Å². The first-order chi connectivity index (χ1) is 8.94. The second-order valence-corrected chi connectivity index (χ2v) is 7.48. The summed E-state index contributed by atoms with van der Waals surface area (Å²) in [5.41, 5.74) is 0.471. The van der Waals surface area contributed by atoms with Crippen LogP contribution in [0.3, 0.4) is 0 Å². The highest BCUT2D eigenvalue weighted by atomic mass is 15.3. The predicted octanol–water partition coefficient (Wildman–Crippen LogP) is 2.04. The third kappa shape index (κ3) is 3.50. The van der Waals surface area contributed by atoms with Crippen LogP contribution in [-0.2, 0) is 0 Å². The number of nitrogens with zero attached hydrogens (tertiary/aromatic N) is 2. The van der Waals surface area contributed by atoms with E-state index in [1.165, 1.54) is 45.6 Å². The molecule has 2 unspecified atom stereocenters. The highest BCUT2D eigenvalue weighted by molar-refractivity contribution is 4.96. The Balaban J connectivity index is 1.83. The Labute approximate surface area is 119 Å². The molecule has 0 aromatic carbocycles. The van der Waals surface area contributed by atoms with Crippen LogP contribution < -0.4 is 5.32 Å². The summed E-state index contributed by atoms with van der Waals surface area (Å²) in [6, 6.07) is 1.40. The standard InChI is InChI=1S/C16H33N3/c1-13(2)19-10-8-18(9-11-19)12-14-6-7-16(3,4)15(14)17-5/h13-15,17H,6-12H2,1-5H3. The van der Waals surface area contributed by atoms with Crippen molar-refractivity contribution < 1.29 is 0 Å². The van der Waals surface area contributed by atoms with Crippen molar-refractivity contribution >= 4 is 0 Å². The second kappa shape index (κ2) is 6.11. The number of rotatable bonds is 4. The molecule has 2 aliphatic rings. The summed E-state index contributed by atoms with van der Waals surface area (Å²) in [5.74, 6) is 0.839. The Morgan fingerprint density at radius 2 is 1.79 bits per heavy atom. The van der Waals surface area contributed by atoms with Crippen LogP contribution in [0.15, 0.2) is 0 Å². The summed E-state index contributed by atoms with van der Waals surface area (Å²) in [4.78, 5) is 5.29. The molecular formula is C16H33N3. The van der Waals surface area contributed by atoms with Crippen molar-refractivity contribution in [1.82, 2.24) is 15.1 Å². The Bertz CT molecular complexity index is 280. The normalized spacial score (nSPS) is 33.2. The molecule has 1 saturated heterocycles. The molecule has 0 amide bonds.